The molecule has 0 spiro atoms. The number of aromatic nitrogens is 2. The maximum Gasteiger partial charge on any atom is 0.129 e. The third kappa shape index (κ3) is 2.37. The van der Waals surface area contributed by atoms with Crippen LogP contribution in [0.2, 0.25) is 0 Å². The van der Waals surface area contributed by atoms with E-state index in [1.165, 1.54) is 0 Å². The Kier molecular flexibility index (Phi) is 3.17. The Morgan fingerprint density at radius 2 is 2.38 bits per heavy atom. The van der Waals surface area contributed by atoms with Crippen LogP contribution >= 0.6 is 11.3 Å². The summed E-state index contributed by atoms with van der Waals surface area (Å²) in [6.07, 6.45) is 1.44. The maximum absolute atomic E-state index is 10.0. The fraction of sp³-hybridized carbons (Fsp3) is 0.273. The predicted molar refractivity (Wildman–Crippen MR) is 64.2 cm³/mol. The number of hydrogen-bond acceptors (Lipinski definition) is 5. The molecular weight excluding hydrogens is 222 g/mol. The summed E-state index contributed by atoms with van der Waals surface area (Å²) >= 11 is 1.58. The Morgan fingerprint density at radius 3 is 3.00 bits per heavy atom. The molecule has 84 valence electrons. The Bertz CT molecular complexity index is 484. The zero-order chi connectivity index (χ0) is 11.5. The van der Waals surface area contributed by atoms with E-state index in [0.29, 0.717) is 17.8 Å². The molecule has 0 aliphatic rings. The van der Waals surface area contributed by atoms with Crippen molar-refractivity contribution in [3.05, 3.63) is 40.0 Å². The van der Waals surface area contributed by atoms with Crippen molar-refractivity contribution < 1.29 is 5.11 Å². The number of nitrogens with zero attached hydrogens (tertiary/aromatic N) is 2. The SMILES string of the molecule is Cc1nc(CC(O)c2cccnc2N)cs1. The van der Waals surface area contributed by atoms with Crippen LogP contribution < -0.4 is 5.73 Å². The smallest absolute Gasteiger partial charge is 0.129 e. The number of pyridine rings is 1. The summed E-state index contributed by atoms with van der Waals surface area (Å²) in [5.74, 6) is 0.377. The average molecular weight is 235 g/mol. The second-order valence-corrected chi connectivity index (χ2v) is 4.62. The number of rotatable bonds is 3. The van der Waals surface area contributed by atoms with E-state index in [4.69, 9.17) is 5.73 Å². The van der Waals surface area contributed by atoms with Gasteiger partial charge in [0, 0.05) is 23.6 Å². The fourth-order valence-electron chi connectivity index (χ4n) is 1.52. The van der Waals surface area contributed by atoms with Crippen LogP contribution in [-0.2, 0) is 6.42 Å². The van der Waals surface area contributed by atoms with Gasteiger partial charge in [-0.25, -0.2) is 9.97 Å². The Balaban J connectivity index is 2.14. The van der Waals surface area contributed by atoms with E-state index in [1.807, 2.05) is 12.3 Å². The van der Waals surface area contributed by atoms with Gasteiger partial charge in [0.2, 0.25) is 0 Å². The lowest BCUT2D eigenvalue weighted by molar-refractivity contribution is 0.178. The lowest BCUT2D eigenvalue weighted by atomic mass is 10.1. The molecule has 0 aromatic carbocycles. The van der Waals surface area contributed by atoms with Crippen molar-refractivity contribution in [3.8, 4) is 0 Å². The Hall–Kier alpha value is -1.46. The molecule has 0 saturated heterocycles. The molecule has 0 aliphatic heterocycles. The number of anilines is 1. The van der Waals surface area contributed by atoms with Crippen molar-refractivity contribution in [1.82, 2.24) is 9.97 Å². The highest BCUT2D eigenvalue weighted by molar-refractivity contribution is 7.09. The van der Waals surface area contributed by atoms with Crippen LogP contribution in [0, 0.1) is 6.92 Å². The van der Waals surface area contributed by atoms with Gasteiger partial charge in [0.25, 0.3) is 0 Å². The van der Waals surface area contributed by atoms with Gasteiger partial charge in [-0.2, -0.15) is 0 Å². The summed E-state index contributed by atoms with van der Waals surface area (Å²) in [7, 11) is 0. The third-order valence-electron chi connectivity index (χ3n) is 2.30. The van der Waals surface area contributed by atoms with Crippen molar-refractivity contribution >= 4 is 17.2 Å². The monoisotopic (exact) mass is 235 g/mol. The standard InChI is InChI=1S/C11H13N3OS/c1-7-14-8(6-16-7)5-10(15)9-3-2-4-13-11(9)12/h2-4,6,10,15H,5H2,1H3,(H2,12,13). The van der Waals surface area contributed by atoms with Crippen molar-refractivity contribution in [2.45, 2.75) is 19.4 Å². The zero-order valence-electron chi connectivity index (χ0n) is 8.92. The summed E-state index contributed by atoms with van der Waals surface area (Å²) in [5, 5.41) is 13.0. The van der Waals surface area contributed by atoms with Crippen molar-refractivity contribution in [1.29, 1.82) is 0 Å². The molecule has 0 amide bonds. The summed E-state index contributed by atoms with van der Waals surface area (Å²) in [5.41, 5.74) is 7.24. The van der Waals surface area contributed by atoms with Gasteiger partial charge >= 0.3 is 0 Å². The predicted octanol–water partition coefficient (Wildman–Crippen LogP) is 1.70. The highest BCUT2D eigenvalue weighted by Crippen LogP contribution is 2.22. The van der Waals surface area contributed by atoms with Crippen molar-refractivity contribution in [3.63, 3.8) is 0 Å². The number of aryl methyl sites for hydroxylation is 1. The van der Waals surface area contributed by atoms with Crippen LogP contribution in [0.5, 0.6) is 0 Å². The molecule has 4 nitrogen and oxygen atoms in total. The zero-order valence-corrected chi connectivity index (χ0v) is 9.74. The second kappa shape index (κ2) is 4.59. The first-order chi connectivity index (χ1) is 7.66. The first-order valence-electron chi connectivity index (χ1n) is 4.96. The molecular formula is C11H13N3OS. The lowest BCUT2D eigenvalue weighted by Crippen LogP contribution is -2.06. The van der Waals surface area contributed by atoms with E-state index in [0.717, 1.165) is 10.7 Å². The van der Waals surface area contributed by atoms with Gasteiger partial charge in [0.1, 0.15) is 5.82 Å². The average Bonchev–Trinajstić information content (AvgIpc) is 2.64. The van der Waals surface area contributed by atoms with Crippen LogP contribution in [0.15, 0.2) is 23.7 Å². The van der Waals surface area contributed by atoms with E-state index in [-0.39, 0.29) is 0 Å². The number of nitrogens with two attached hydrogens (primary N) is 1. The Morgan fingerprint density at radius 1 is 1.56 bits per heavy atom. The minimum Gasteiger partial charge on any atom is -0.388 e. The normalized spacial score (nSPS) is 12.6. The van der Waals surface area contributed by atoms with E-state index < -0.39 is 6.10 Å². The van der Waals surface area contributed by atoms with E-state index in [1.54, 1.807) is 29.7 Å². The topological polar surface area (TPSA) is 72.0 Å². The number of thiazole rings is 1. The van der Waals surface area contributed by atoms with E-state index in [9.17, 15) is 5.11 Å². The second-order valence-electron chi connectivity index (χ2n) is 3.56. The number of nitrogen functional groups attached to an aromatic ring is 1. The molecule has 1 unspecified atom stereocenters. The molecule has 0 bridgehead atoms. The Labute approximate surface area is 97.8 Å². The molecule has 3 N–H and O–H groups in total. The minimum atomic E-state index is -0.643. The summed E-state index contributed by atoms with van der Waals surface area (Å²) in [6, 6.07) is 3.55. The molecule has 0 aliphatic carbocycles. The van der Waals surface area contributed by atoms with Gasteiger partial charge in [-0.3, -0.25) is 0 Å². The lowest BCUT2D eigenvalue weighted by Gasteiger charge is -2.10. The van der Waals surface area contributed by atoms with Crippen LogP contribution in [-0.4, -0.2) is 15.1 Å². The fourth-order valence-corrected chi connectivity index (χ4v) is 2.15. The molecule has 2 aromatic heterocycles. The summed E-state index contributed by atoms with van der Waals surface area (Å²) in [4.78, 5) is 8.25. The maximum atomic E-state index is 10.0. The molecule has 5 heteroatoms. The highest BCUT2D eigenvalue weighted by atomic mass is 32.1. The third-order valence-corrected chi connectivity index (χ3v) is 3.12. The molecule has 2 heterocycles. The number of aliphatic hydroxyl groups excluding tert-OH is 1. The van der Waals surface area contributed by atoms with Crippen molar-refractivity contribution in [2.24, 2.45) is 0 Å². The molecule has 0 fully saturated rings. The molecule has 2 rings (SSSR count). The van der Waals surface area contributed by atoms with Gasteiger partial charge in [-0.05, 0) is 13.0 Å². The van der Waals surface area contributed by atoms with Crippen LogP contribution in [0.25, 0.3) is 0 Å². The van der Waals surface area contributed by atoms with Gasteiger partial charge < -0.3 is 10.8 Å². The number of aliphatic hydroxyl groups is 1. The molecule has 0 radical (unpaired) electrons. The van der Waals surface area contributed by atoms with Gasteiger partial charge in [0.15, 0.2) is 0 Å². The van der Waals surface area contributed by atoms with E-state index >= 15 is 0 Å². The molecule has 16 heavy (non-hydrogen) atoms. The van der Waals surface area contributed by atoms with Crippen molar-refractivity contribution in [2.75, 3.05) is 5.73 Å². The van der Waals surface area contributed by atoms with Crippen LogP contribution in [0.4, 0.5) is 5.82 Å². The molecule has 0 saturated carbocycles. The van der Waals surface area contributed by atoms with Gasteiger partial charge in [-0.15, -0.1) is 11.3 Å². The number of hydrogen-bond donors (Lipinski definition) is 2. The first-order valence-corrected chi connectivity index (χ1v) is 5.84. The largest absolute Gasteiger partial charge is 0.388 e. The van der Waals surface area contributed by atoms with Crippen LogP contribution in [0.3, 0.4) is 0 Å². The van der Waals surface area contributed by atoms with Gasteiger partial charge in [0.05, 0.1) is 16.8 Å². The quantitative estimate of drug-likeness (QED) is 0.849. The molecule has 2 aromatic rings. The summed E-state index contributed by atoms with van der Waals surface area (Å²) < 4.78 is 0. The first kappa shape index (κ1) is 11.0. The van der Waals surface area contributed by atoms with Gasteiger partial charge in [-0.1, -0.05) is 6.07 Å². The van der Waals surface area contributed by atoms with E-state index in [2.05, 4.69) is 9.97 Å². The highest BCUT2D eigenvalue weighted by Gasteiger charge is 2.13. The minimum absolute atomic E-state index is 0.377. The molecule has 1 atom stereocenters. The van der Waals surface area contributed by atoms with Crippen LogP contribution in [0.1, 0.15) is 22.4 Å². The summed E-state index contributed by atoms with van der Waals surface area (Å²) in [6.45, 7) is 1.94.